The second-order valence-electron chi connectivity index (χ2n) is 5.31. The highest BCUT2D eigenvalue weighted by Gasteiger charge is 2.19. The maximum absolute atomic E-state index is 12.4. The van der Waals surface area contributed by atoms with Gasteiger partial charge in [-0.25, -0.2) is 9.48 Å². The SMILES string of the molecule is Cc1c(C(=O)O)cnn1-c1ccc(C(=O)N2CCOCC2)cc1. The van der Waals surface area contributed by atoms with Gasteiger partial charge in [0.25, 0.3) is 5.91 Å². The van der Waals surface area contributed by atoms with Crippen LogP contribution in [0.3, 0.4) is 0 Å². The molecule has 0 atom stereocenters. The van der Waals surface area contributed by atoms with Crippen molar-refractivity contribution in [1.82, 2.24) is 14.7 Å². The number of hydrogen-bond donors (Lipinski definition) is 1. The van der Waals surface area contributed by atoms with Gasteiger partial charge in [0, 0.05) is 18.7 Å². The van der Waals surface area contributed by atoms with Gasteiger partial charge in [0.2, 0.25) is 0 Å². The fourth-order valence-corrected chi connectivity index (χ4v) is 2.57. The van der Waals surface area contributed by atoms with Crippen LogP contribution in [0.2, 0.25) is 0 Å². The van der Waals surface area contributed by atoms with Gasteiger partial charge in [-0.15, -0.1) is 0 Å². The van der Waals surface area contributed by atoms with E-state index in [9.17, 15) is 9.59 Å². The first-order valence-corrected chi connectivity index (χ1v) is 7.33. The van der Waals surface area contributed by atoms with Crippen LogP contribution >= 0.6 is 0 Å². The normalized spacial score (nSPS) is 14.7. The zero-order chi connectivity index (χ0) is 16.4. The first-order valence-electron chi connectivity index (χ1n) is 7.33. The van der Waals surface area contributed by atoms with Crippen molar-refractivity contribution >= 4 is 11.9 Å². The topological polar surface area (TPSA) is 84.7 Å². The number of hydrogen-bond acceptors (Lipinski definition) is 4. The predicted octanol–water partition coefficient (Wildman–Crippen LogP) is 1.35. The Balaban J connectivity index is 1.82. The zero-order valence-corrected chi connectivity index (χ0v) is 12.7. The number of carboxylic acid groups (broad SMARTS) is 1. The van der Waals surface area contributed by atoms with Crippen LogP contribution in [0, 0.1) is 6.92 Å². The highest BCUT2D eigenvalue weighted by atomic mass is 16.5. The molecular weight excluding hydrogens is 298 g/mol. The summed E-state index contributed by atoms with van der Waals surface area (Å²) in [6.07, 6.45) is 1.32. The third-order valence-corrected chi connectivity index (χ3v) is 3.90. The van der Waals surface area contributed by atoms with E-state index in [1.165, 1.54) is 6.20 Å². The van der Waals surface area contributed by atoms with E-state index >= 15 is 0 Å². The van der Waals surface area contributed by atoms with Crippen molar-refractivity contribution in [1.29, 1.82) is 0 Å². The summed E-state index contributed by atoms with van der Waals surface area (Å²) in [5, 5.41) is 13.2. The molecule has 0 spiro atoms. The summed E-state index contributed by atoms with van der Waals surface area (Å²) in [5.41, 5.74) is 2.02. The quantitative estimate of drug-likeness (QED) is 0.924. The molecule has 0 radical (unpaired) electrons. The van der Waals surface area contributed by atoms with Crippen LogP contribution in [0.4, 0.5) is 0 Å². The molecule has 1 amide bonds. The van der Waals surface area contributed by atoms with Crippen LogP contribution in [-0.4, -0.2) is 58.0 Å². The number of aromatic carboxylic acids is 1. The van der Waals surface area contributed by atoms with E-state index in [0.29, 0.717) is 43.2 Å². The third-order valence-electron chi connectivity index (χ3n) is 3.90. The summed E-state index contributed by atoms with van der Waals surface area (Å²) in [5.74, 6) is -1.03. The van der Waals surface area contributed by atoms with Crippen LogP contribution in [0.15, 0.2) is 30.5 Å². The van der Waals surface area contributed by atoms with Crippen LogP contribution in [0.25, 0.3) is 5.69 Å². The van der Waals surface area contributed by atoms with Gasteiger partial charge in [-0.05, 0) is 31.2 Å². The minimum absolute atomic E-state index is 0.0248. The average molecular weight is 315 g/mol. The Hall–Kier alpha value is -2.67. The second kappa shape index (κ2) is 6.21. The maximum Gasteiger partial charge on any atom is 0.339 e. The van der Waals surface area contributed by atoms with Crippen molar-refractivity contribution in [2.24, 2.45) is 0 Å². The summed E-state index contributed by atoms with van der Waals surface area (Å²) in [7, 11) is 0. The van der Waals surface area contributed by atoms with Gasteiger partial charge in [0.1, 0.15) is 5.56 Å². The molecular formula is C16H17N3O4. The van der Waals surface area contributed by atoms with E-state index in [4.69, 9.17) is 9.84 Å². The van der Waals surface area contributed by atoms with Crippen molar-refractivity contribution in [2.75, 3.05) is 26.3 Å². The van der Waals surface area contributed by atoms with Crippen LogP contribution in [0.1, 0.15) is 26.4 Å². The Morgan fingerprint density at radius 2 is 1.83 bits per heavy atom. The molecule has 1 aromatic carbocycles. The molecule has 2 aromatic rings. The fraction of sp³-hybridized carbons (Fsp3) is 0.312. The number of nitrogens with zero attached hydrogens (tertiary/aromatic N) is 3. The first-order chi connectivity index (χ1) is 11.1. The molecule has 0 aliphatic carbocycles. The number of carbonyl (C=O) groups is 2. The van der Waals surface area contributed by atoms with Gasteiger partial charge >= 0.3 is 5.97 Å². The lowest BCUT2D eigenvalue weighted by Gasteiger charge is -2.26. The number of aromatic nitrogens is 2. The van der Waals surface area contributed by atoms with Gasteiger partial charge in [-0.2, -0.15) is 5.10 Å². The van der Waals surface area contributed by atoms with Gasteiger partial charge in [-0.1, -0.05) is 0 Å². The lowest BCUT2D eigenvalue weighted by Crippen LogP contribution is -2.40. The zero-order valence-electron chi connectivity index (χ0n) is 12.7. The molecule has 23 heavy (non-hydrogen) atoms. The Labute approximate surface area is 133 Å². The van der Waals surface area contributed by atoms with Crippen molar-refractivity contribution < 1.29 is 19.4 Å². The van der Waals surface area contributed by atoms with Gasteiger partial charge in [0.15, 0.2) is 0 Å². The Bertz CT molecular complexity index is 730. The third kappa shape index (κ3) is 2.95. The molecule has 1 aromatic heterocycles. The van der Waals surface area contributed by atoms with E-state index in [1.807, 2.05) is 0 Å². The number of rotatable bonds is 3. The van der Waals surface area contributed by atoms with Gasteiger partial charge < -0.3 is 14.7 Å². The largest absolute Gasteiger partial charge is 0.478 e. The number of benzene rings is 1. The molecule has 2 heterocycles. The molecule has 1 saturated heterocycles. The van der Waals surface area contributed by atoms with Crippen molar-refractivity contribution in [3.63, 3.8) is 0 Å². The molecule has 1 aliphatic heterocycles. The monoisotopic (exact) mass is 315 g/mol. The summed E-state index contributed by atoms with van der Waals surface area (Å²) in [6, 6.07) is 6.99. The summed E-state index contributed by atoms with van der Waals surface area (Å²) in [4.78, 5) is 25.2. The van der Waals surface area contributed by atoms with E-state index < -0.39 is 5.97 Å². The molecule has 7 nitrogen and oxygen atoms in total. The molecule has 120 valence electrons. The number of morpholine rings is 1. The lowest BCUT2D eigenvalue weighted by molar-refractivity contribution is 0.0303. The van der Waals surface area contributed by atoms with Gasteiger partial charge in [0.05, 0.1) is 30.8 Å². The molecule has 0 bridgehead atoms. The Morgan fingerprint density at radius 1 is 1.17 bits per heavy atom. The van der Waals surface area contributed by atoms with Crippen molar-refractivity contribution in [3.8, 4) is 5.69 Å². The highest BCUT2D eigenvalue weighted by molar-refractivity contribution is 5.94. The van der Waals surface area contributed by atoms with E-state index in [0.717, 1.165) is 0 Å². The maximum atomic E-state index is 12.4. The molecule has 7 heteroatoms. The summed E-state index contributed by atoms with van der Waals surface area (Å²) in [6.45, 7) is 4.02. The fourth-order valence-electron chi connectivity index (χ4n) is 2.57. The summed E-state index contributed by atoms with van der Waals surface area (Å²) >= 11 is 0. The molecule has 1 aliphatic rings. The second-order valence-corrected chi connectivity index (χ2v) is 5.31. The van der Waals surface area contributed by atoms with Crippen LogP contribution in [-0.2, 0) is 4.74 Å². The van der Waals surface area contributed by atoms with E-state index in [-0.39, 0.29) is 11.5 Å². The number of carbonyl (C=O) groups excluding carboxylic acids is 1. The van der Waals surface area contributed by atoms with E-state index in [2.05, 4.69) is 5.10 Å². The summed E-state index contributed by atoms with van der Waals surface area (Å²) < 4.78 is 6.79. The Morgan fingerprint density at radius 3 is 2.39 bits per heavy atom. The molecule has 1 fully saturated rings. The minimum atomic E-state index is -1.01. The number of ether oxygens (including phenoxy) is 1. The predicted molar refractivity (Wildman–Crippen MR) is 82.0 cm³/mol. The smallest absolute Gasteiger partial charge is 0.339 e. The van der Waals surface area contributed by atoms with Crippen molar-refractivity contribution in [2.45, 2.75) is 6.92 Å². The van der Waals surface area contributed by atoms with Crippen LogP contribution in [0.5, 0.6) is 0 Å². The Kier molecular flexibility index (Phi) is 4.12. The van der Waals surface area contributed by atoms with Gasteiger partial charge in [-0.3, -0.25) is 4.79 Å². The average Bonchev–Trinajstić information content (AvgIpc) is 2.97. The van der Waals surface area contributed by atoms with Crippen LogP contribution < -0.4 is 0 Å². The minimum Gasteiger partial charge on any atom is -0.478 e. The molecule has 1 N–H and O–H groups in total. The molecule has 0 unspecified atom stereocenters. The standard InChI is InChI=1S/C16H17N3O4/c1-11-14(16(21)22)10-17-19(11)13-4-2-12(3-5-13)15(20)18-6-8-23-9-7-18/h2-5,10H,6-9H2,1H3,(H,21,22). The van der Waals surface area contributed by atoms with Crippen molar-refractivity contribution in [3.05, 3.63) is 47.3 Å². The number of carboxylic acids is 1. The number of amides is 1. The first kappa shape index (κ1) is 15.2. The lowest BCUT2D eigenvalue weighted by atomic mass is 10.1. The highest BCUT2D eigenvalue weighted by Crippen LogP contribution is 2.16. The van der Waals surface area contributed by atoms with E-state index in [1.54, 1.807) is 40.8 Å². The molecule has 3 rings (SSSR count). The molecule has 0 saturated carbocycles.